The van der Waals surface area contributed by atoms with Crippen LogP contribution in [0.5, 0.6) is 0 Å². The van der Waals surface area contributed by atoms with Crippen LogP contribution in [0.2, 0.25) is 5.02 Å². The number of hydrogen-bond acceptors (Lipinski definition) is 1. The van der Waals surface area contributed by atoms with Gasteiger partial charge < -0.3 is 10.3 Å². The largest absolute Gasteiger partial charge is 0.363 e. The zero-order valence-corrected chi connectivity index (χ0v) is 10.3. The molecule has 2 nitrogen and oxygen atoms in total. The van der Waals surface area contributed by atoms with E-state index in [1.807, 2.05) is 25.3 Å². The second-order valence-electron chi connectivity index (χ2n) is 3.78. The summed E-state index contributed by atoms with van der Waals surface area (Å²) >= 11 is 6.08. The molecule has 0 fully saturated rings. The van der Waals surface area contributed by atoms with Crippen LogP contribution in [-0.2, 0) is 0 Å². The fourth-order valence-electron chi connectivity index (χ4n) is 1.85. The maximum absolute atomic E-state index is 13.0. The van der Waals surface area contributed by atoms with Crippen molar-refractivity contribution >= 4 is 11.6 Å². The topological polar surface area (TPSA) is 27.8 Å². The highest BCUT2D eigenvalue weighted by Gasteiger charge is 2.16. The number of nitrogens with one attached hydrogen (secondary N) is 2. The van der Waals surface area contributed by atoms with Crippen LogP contribution in [0, 0.1) is 5.82 Å². The first-order valence-electron chi connectivity index (χ1n) is 5.54. The molecule has 4 heteroatoms. The van der Waals surface area contributed by atoms with Crippen LogP contribution in [0.15, 0.2) is 36.5 Å². The van der Waals surface area contributed by atoms with E-state index >= 15 is 0 Å². The van der Waals surface area contributed by atoms with Crippen molar-refractivity contribution < 1.29 is 4.39 Å². The normalized spacial score (nSPS) is 12.6. The highest BCUT2D eigenvalue weighted by atomic mass is 35.5. The molecule has 0 radical (unpaired) electrons. The number of rotatable bonds is 4. The Balaban J connectivity index is 2.39. The molecule has 0 aliphatic heterocycles. The second-order valence-corrected chi connectivity index (χ2v) is 4.19. The van der Waals surface area contributed by atoms with Crippen LogP contribution in [0.3, 0.4) is 0 Å². The lowest BCUT2D eigenvalue weighted by atomic mass is 10.0. The fraction of sp³-hybridized carbons (Fsp3) is 0.231. The molecule has 0 aliphatic carbocycles. The Bertz CT molecular complexity index is 482. The van der Waals surface area contributed by atoms with E-state index in [1.165, 1.54) is 12.1 Å². The minimum absolute atomic E-state index is 0.0388. The molecule has 0 spiro atoms. The third-order valence-corrected chi connectivity index (χ3v) is 2.94. The van der Waals surface area contributed by atoms with E-state index in [-0.39, 0.29) is 11.9 Å². The quantitative estimate of drug-likeness (QED) is 0.856. The van der Waals surface area contributed by atoms with Gasteiger partial charge in [-0.15, -0.1) is 0 Å². The van der Waals surface area contributed by atoms with E-state index < -0.39 is 0 Å². The third-order valence-electron chi connectivity index (χ3n) is 2.61. The molecule has 90 valence electrons. The van der Waals surface area contributed by atoms with Crippen molar-refractivity contribution in [2.45, 2.75) is 13.0 Å². The van der Waals surface area contributed by atoms with Crippen molar-refractivity contribution in [1.29, 1.82) is 0 Å². The summed E-state index contributed by atoms with van der Waals surface area (Å²) in [6.45, 7) is 2.82. The molecule has 1 unspecified atom stereocenters. The smallest absolute Gasteiger partial charge is 0.124 e. The molecule has 0 amide bonds. The van der Waals surface area contributed by atoms with E-state index in [1.54, 1.807) is 6.07 Å². The molecule has 0 aliphatic rings. The van der Waals surface area contributed by atoms with Crippen LogP contribution in [0.25, 0.3) is 0 Å². The van der Waals surface area contributed by atoms with Gasteiger partial charge in [-0.1, -0.05) is 24.6 Å². The van der Waals surface area contributed by atoms with Gasteiger partial charge in [-0.2, -0.15) is 0 Å². The van der Waals surface area contributed by atoms with Gasteiger partial charge in [-0.25, -0.2) is 4.39 Å². The lowest BCUT2D eigenvalue weighted by Crippen LogP contribution is -2.22. The summed E-state index contributed by atoms with van der Waals surface area (Å²) in [5.74, 6) is -0.319. The predicted molar refractivity (Wildman–Crippen MR) is 67.7 cm³/mol. The van der Waals surface area contributed by atoms with Crippen LogP contribution in [0.4, 0.5) is 4.39 Å². The molecule has 0 bridgehead atoms. The van der Waals surface area contributed by atoms with E-state index in [0.29, 0.717) is 5.02 Å². The Morgan fingerprint density at radius 3 is 2.82 bits per heavy atom. The molecule has 2 rings (SSSR count). The van der Waals surface area contributed by atoms with Crippen LogP contribution in [0.1, 0.15) is 24.2 Å². The SMILES string of the molecule is CCNC(c1ccc[nH]1)c1ccc(F)cc1Cl. The number of halogens is 2. The van der Waals surface area contributed by atoms with Gasteiger partial charge >= 0.3 is 0 Å². The molecule has 1 atom stereocenters. The summed E-state index contributed by atoms with van der Waals surface area (Å²) in [6.07, 6.45) is 1.86. The van der Waals surface area contributed by atoms with Gasteiger partial charge in [0.1, 0.15) is 5.82 Å². The molecule has 2 aromatic rings. The van der Waals surface area contributed by atoms with Gasteiger partial charge in [0.05, 0.1) is 6.04 Å². The Morgan fingerprint density at radius 2 is 2.24 bits per heavy atom. The van der Waals surface area contributed by atoms with Gasteiger partial charge in [0.2, 0.25) is 0 Å². The average Bonchev–Trinajstić information content (AvgIpc) is 2.80. The summed E-state index contributed by atoms with van der Waals surface area (Å²) in [5, 5.41) is 3.76. The number of aromatic nitrogens is 1. The van der Waals surface area contributed by atoms with Crippen molar-refractivity contribution in [1.82, 2.24) is 10.3 Å². The molecule has 1 aromatic heterocycles. The van der Waals surface area contributed by atoms with E-state index in [4.69, 9.17) is 11.6 Å². The molecule has 0 saturated heterocycles. The van der Waals surface area contributed by atoms with Gasteiger partial charge in [0, 0.05) is 16.9 Å². The minimum atomic E-state index is -0.319. The number of aromatic amines is 1. The molecule has 17 heavy (non-hydrogen) atoms. The van der Waals surface area contributed by atoms with E-state index in [9.17, 15) is 4.39 Å². The highest BCUT2D eigenvalue weighted by Crippen LogP contribution is 2.28. The number of H-pyrrole nitrogens is 1. The minimum Gasteiger partial charge on any atom is -0.363 e. The third kappa shape index (κ3) is 2.68. The molecule has 1 heterocycles. The van der Waals surface area contributed by atoms with Crippen LogP contribution < -0.4 is 5.32 Å². The van der Waals surface area contributed by atoms with Crippen LogP contribution in [-0.4, -0.2) is 11.5 Å². The van der Waals surface area contributed by atoms with Crippen molar-refractivity contribution in [3.63, 3.8) is 0 Å². The zero-order valence-electron chi connectivity index (χ0n) is 9.50. The molecule has 0 saturated carbocycles. The molecular formula is C13H14ClFN2. The van der Waals surface area contributed by atoms with Crippen molar-refractivity contribution in [3.8, 4) is 0 Å². The van der Waals surface area contributed by atoms with Crippen LogP contribution >= 0.6 is 11.6 Å². The van der Waals surface area contributed by atoms with Crippen molar-refractivity contribution in [2.75, 3.05) is 6.54 Å². The lowest BCUT2D eigenvalue weighted by molar-refractivity contribution is 0.607. The summed E-state index contributed by atoms with van der Waals surface area (Å²) in [5.41, 5.74) is 1.89. The lowest BCUT2D eigenvalue weighted by Gasteiger charge is -2.18. The van der Waals surface area contributed by atoms with Gasteiger partial charge in [0.15, 0.2) is 0 Å². The number of hydrogen-bond donors (Lipinski definition) is 2. The summed E-state index contributed by atoms with van der Waals surface area (Å²) in [7, 11) is 0. The molecular weight excluding hydrogens is 239 g/mol. The standard InChI is InChI=1S/C13H14ClFN2/c1-2-16-13(12-4-3-7-17-12)10-6-5-9(15)8-11(10)14/h3-8,13,16-17H,2H2,1H3. The average molecular weight is 253 g/mol. The Morgan fingerprint density at radius 1 is 1.41 bits per heavy atom. The van der Waals surface area contributed by atoms with E-state index in [2.05, 4.69) is 10.3 Å². The Hall–Kier alpha value is -1.32. The van der Waals surface area contributed by atoms with Gasteiger partial charge in [0.25, 0.3) is 0 Å². The predicted octanol–water partition coefficient (Wildman–Crippen LogP) is 3.51. The fourth-order valence-corrected chi connectivity index (χ4v) is 2.13. The van der Waals surface area contributed by atoms with E-state index in [0.717, 1.165) is 17.8 Å². The first kappa shape index (κ1) is 12.1. The Labute approximate surface area is 105 Å². The Kier molecular flexibility index (Phi) is 3.82. The van der Waals surface area contributed by atoms with Crippen molar-refractivity contribution in [3.05, 3.63) is 58.6 Å². The maximum Gasteiger partial charge on any atom is 0.124 e. The summed E-state index contributed by atoms with van der Waals surface area (Å²) < 4.78 is 13.0. The van der Waals surface area contributed by atoms with Gasteiger partial charge in [-0.3, -0.25) is 0 Å². The summed E-state index contributed by atoms with van der Waals surface area (Å²) in [4.78, 5) is 3.15. The first-order valence-corrected chi connectivity index (χ1v) is 5.91. The highest BCUT2D eigenvalue weighted by molar-refractivity contribution is 6.31. The summed E-state index contributed by atoms with van der Waals surface area (Å²) in [6, 6.07) is 8.34. The second kappa shape index (κ2) is 5.34. The van der Waals surface area contributed by atoms with Gasteiger partial charge in [-0.05, 0) is 36.4 Å². The molecule has 2 N–H and O–H groups in total. The first-order chi connectivity index (χ1) is 8.22. The maximum atomic E-state index is 13.0. The monoisotopic (exact) mass is 252 g/mol. The zero-order chi connectivity index (χ0) is 12.3. The molecule has 1 aromatic carbocycles. The number of benzene rings is 1. The van der Waals surface area contributed by atoms with Crippen molar-refractivity contribution in [2.24, 2.45) is 0 Å².